The van der Waals surface area contributed by atoms with Crippen molar-refractivity contribution in [1.82, 2.24) is 4.90 Å². The van der Waals surface area contributed by atoms with Crippen LogP contribution in [0.2, 0.25) is 0 Å². The third kappa shape index (κ3) is 4.05. The van der Waals surface area contributed by atoms with Gasteiger partial charge in [-0.15, -0.1) is 11.3 Å². The highest BCUT2D eigenvalue weighted by Gasteiger charge is 2.26. The molecule has 2 unspecified atom stereocenters. The van der Waals surface area contributed by atoms with Crippen molar-refractivity contribution in [2.75, 3.05) is 19.7 Å². The van der Waals surface area contributed by atoms with E-state index in [0.717, 1.165) is 31.6 Å². The molecule has 0 aliphatic carbocycles. The Labute approximate surface area is 118 Å². The maximum absolute atomic E-state index is 9.62. The zero-order valence-corrected chi connectivity index (χ0v) is 12.1. The summed E-state index contributed by atoms with van der Waals surface area (Å²) in [6.07, 6.45) is 1.40. The number of nitrogens with zero attached hydrogens (tertiary/aromatic N) is 1. The lowest BCUT2D eigenvalue weighted by atomic mass is 10.0. The maximum Gasteiger partial charge on any atom is 0.0552 e. The number of aliphatic hydroxyl groups excluding tert-OH is 2. The lowest BCUT2D eigenvalue weighted by Crippen LogP contribution is -2.23. The molecule has 0 spiro atoms. The average molecular weight is 279 g/mol. The first-order chi connectivity index (χ1) is 9.20. The molecule has 2 atom stereocenters. The van der Waals surface area contributed by atoms with Crippen molar-refractivity contribution >= 4 is 11.3 Å². The number of likely N-dealkylation sites (tertiary alicyclic amines) is 1. The SMILES string of the molecule is CC(O)C1CCN(Cc2sccc2C#CCCO)C1. The summed E-state index contributed by atoms with van der Waals surface area (Å²) in [7, 11) is 0. The molecule has 1 aliphatic rings. The number of aliphatic hydroxyl groups is 2. The zero-order chi connectivity index (χ0) is 13.7. The van der Waals surface area contributed by atoms with E-state index in [1.165, 1.54) is 4.88 Å². The average Bonchev–Trinajstić information content (AvgIpc) is 3.00. The van der Waals surface area contributed by atoms with Crippen molar-refractivity contribution in [3.63, 3.8) is 0 Å². The van der Waals surface area contributed by atoms with Crippen molar-refractivity contribution in [3.05, 3.63) is 21.9 Å². The first kappa shape index (κ1) is 14.5. The molecule has 19 heavy (non-hydrogen) atoms. The van der Waals surface area contributed by atoms with E-state index in [-0.39, 0.29) is 12.7 Å². The van der Waals surface area contributed by atoms with Gasteiger partial charge >= 0.3 is 0 Å². The summed E-state index contributed by atoms with van der Waals surface area (Å²) in [4.78, 5) is 3.68. The Bertz CT molecular complexity index is 458. The molecule has 3 nitrogen and oxygen atoms in total. The third-order valence-electron chi connectivity index (χ3n) is 3.56. The molecule has 1 aromatic rings. The van der Waals surface area contributed by atoms with Crippen molar-refractivity contribution in [3.8, 4) is 11.8 Å². The van der Waals surface area contributed by atoms with Gasteiger partial charge in [-0.1, -0.05) is 11.8 Å². The Morgan fingerprint density at radius 2 is 2.42 bits per heavy atom. The van der Waals surface area contributed by atoms with Crippen LogP contribution in [0.5, 0.6) is 0 Å². The fourth-order valence-electron chi connectivity index (χ4n) is 2.39. The lowest BCUT2D eigenvalue weighted by molar-refractivity contribution is 0.127. The quantitative estimate of drug-likeness (QED) is 0.824. The largest absolute Gasteiger partial charge is 0.395 e. The molecule has 1 fully saturated rings. The summed E-state index contributed by atoms with van der Waals surface area (Å²) in [5, 5.41) is 20.4. The van der Waals surface area contributed by atoms with Gasteiger partial charge in [0.25, 0.3) is 0 Å². The lowest BCUT2D eigenvalue weighted by Gasteiger charge is -2.16. The van der Waals surface area contributed by atoms with Gasteiger partial charge in [0.15, 0.2) is 0 Å². The highest BCUT2D eigenvalue weighted by atomic mass is 32.1. The summed E-state index contributed by atoms with van der Waals surface area (Å²) in [5.74, 6) is 6.51. The summed E-state index contributed by atoms with van der Waals surface area (Å²) >= 11 is 1.73. The highest BCUT2D eigenvalue weighted by molar-refractivity contribution is 7.10. The van der Waals surface area contributed by atoms with Crippen LogP contribution >= 0.6 is 11.3 Å². The maximum atomic E-state index is 9.62. The first-order valence-electron chi connectivity index (χ1n) is 6.77. The van der Waals surface area contributed by atoms with Crippen molar-refractivity contribution < 1.29 is 10.2 Å². The van der Waals surface area contributed by atoms with Crippen LogP contribution in [0.1, 0.15) is 30.2 Å². The Morgan fingerprint density at radius 3 is 3.11 bits per heavy atom. The molecule has 0 radical (unpaired) electrons. The molecule has 0 saturated carbocycles. The molecule has 0 amide bonds. The van der Waals surface area contributed by atoms with Crippen LogP contribution in [0.15, 0.2) is 11.4 Å². The Hall–Kier alpha value is -0.860. The first-order valence-corrected chi connectivity index (χ1v) is 7.65. The van der Waals surface area contributed by atoms with E-state index >= 15 is 0 Å². The van der Waals surface area contributed by atoms with E-state index in [2.05, 4.69) is 22.1 Å². The molecule has 1 aromatic heterocycles. The molecule has 2 rings (SSSR count). The monoisotopic (exact) mass is 279 g/mol. The van der Waals surface area contributed by atoms with Gasteiger partial charge in [0.2, 0.25) is 0 Å². The second-order valence-electron chi connectivity index (χ2n) is 5.06. The van der Waals surface area contributed by atoms with Gasteiger partial charge in [-0.25, -0.2) is 0 Å². The molecule has 1 saturated heterocycles. The van der Waals surface area contributed by atoms with Gasteiger partial charge in [-0.2, -0.15) is 0 Å². The van der Waals surface area contributed by atoms with E-state index < -0.39 is 0 Å². The minimum atomic E-state index is -0.211. The van der Waals surface area contributed by atoms with E-state index in [1.54, 1.807) is 11.3 Å². The van der Waals surface area contributed by atoms with Crippen LogP contribution in [0.3, 0.4) is 0 Å². The Balaban J connectivity index is 1.94. The Morgan fingerprint density at radius 1 is 1.58 bits per heavy atom. The summed E-state index contributed by atoms with van der Waals surface area (Å²) in [6, 6.07) is 2.05. The minimum Gasteiger partial charge on any atom is -0.395 e. The normalized spacial score (nSPS) is 21.1. The number of hydrogen-bond donors (Lipinski definition) is 2. The number of rotatable bonds is 4. The van der Waals surface area contributed by atoms with Gasteiger partial charge in [-0.05, 0) is 37.3 Å². The number of hydrogen-bond acceptors (Lipinski definition) is 4. The van der Waals surface area contributed by atoms with Gasteiger partial charge in [0, 0.05) is 30.0 Å². The van der Waals surface area contributed by atoms with Crippen LogP contribution in [0, 0.1) is 17.8 Å². The summed E-state index contributed by atoms with van der Waals surface area (Å²) < 4.78 is 0. The number of thiophene rings is 1. The molecule has 0 aromatic carbocycles. The van der Waals surface area contributed by atoms with Gasteiger partial charge in [-0.3, -0.25) is 4.90 Å². The molecule has 2 heterocycles. The van der Waals surface area contributed by atoms with Gasteiger partial charge in [0.1, 0.15) is 0 Å². The minimum absolute atomic E-state index is 0.120. The van der Waals surface area contributed by atoms with Gasteiger partial charge in [0.05, 0.1) is 12.7 Å². The summed E-state index contributed by atoms with van der Waals surface area (Å²) in [5.41, 5.74) is 1.08. The van der Waals surface area contributed by atoms with Crippen LogP contribution < -0.4 is 0 Å². The van der Waals surface area contributed by atoms with Crippen molar-refractivity contribution in [1.29, 1.82) is 0 Å². The summed E-state index contributed by atoms with van der Waals surface area (Å²) in [6.45, 7) is 4.94. The standard InChI is InChI=1S/C15H21NO2S/c1-12(18)14-5-7-16(10-14)11-15-13(6-9-19-15)4-2-3-8-17/h6,9,12,14,17-18H,3,5,7-8,10-11H2,1H3. The van der Waals surface area contributed by atoms with Crippen LogP contribution in [0.25, 0.3) is 0 Å². The zero-order valence-electron chi connectivity index (χ0n) is 11.3. The molecule has 4 heteroatoms. The fraction of sp³-hybridized carbons (Fsp3) is 0.600. The third-order valence-corrected chi connectivity index (χ3v) is 4.47. The van der Waals surface area contributed by atoms with Crippen LogP contribution in [0.4, 0.5) is 0 Å². The predicted molar refractivity (Wildman–Crippen MR) is 78.0 cm³/mol. The Kier molecular flexibility index (Phi) is 5.41. The van der Waals surface area contributed by atoms with E-state index in [9.17, 15) is 5.11 Å². The van der Waals surface area contributed by atoms with Crippen LogP contribution in [-0.4, -0.2) is 40.9 Å². The molecule has 2 N–H and O–H groups in total. The topological polar surface area (TPSA) is 43.7 Å². The second kappa shape index (κ2) is 7.06. The van der Waals surface area contributed by atoms with E-state index in [1.807, 2.05) is 13.0 Å². The second-order valence-corrected chi connectivity index (χ2v) is 6.06. The molecule has 1 aliphatic heterocycles. The van der Waals surface area contributed by atoms with Crippen LogP contribution in [-0.2, 0) is 6.54 Å². The van der Waals surface area contributed by atoms with E-state index in [0.29, 0.717) is 12.3 Å². The molecule has 104 valence electrons. The molecule has 0 bridgehead atoms. The van der Waals surface area contributed by atoms with Crippen molar-refractivity contribution in [2.45, 2.75) is 32.4 Å². The molecular formula is C15H21NO2S. The fourth-order valence-corrected chi connectivity index (χ4v) is 3.26. The predicted octanol–water partition coefficient (Wildman–Crippen LogP) is 1.68. The van der Waals surface area contributed by atoms with Gasteiger partial charge < -0.3 is 10.2 Å². The highest BCUT2D eigenvalue weighted by Crippen LogP contribution is 2.24. The van der Waals surface area contributed by atoms with Crippen molar-refractivity contribution in [2.24, 2.45) is 5.92 Å². The smallest absolute Gasteiger partial charge is 0.0552 e. The van der Waals surface area contributed by atoms with E-state index in [4.69, 9.17) is 5.11 Å². The molecular weight excluding hydrogens is 258 g/mol.